The summed E-state index contributed by atoms with van der Waals surface area (Å²) in [5.74, 6) is 0. The van der Waals surface area contributed by atoms with E-state index in [9.17, 15) is 0 Å². The summed E-state index contributed by atoms with van der Waals surface area (Å²) >= 11 is 0. The lowest BCUT2D eigenvalue weighted by Crippen LogP contribution is -2.17. The van der Waals surface area contributed by atoms with E-state index in [-0.39, 0.29) is 6.04 Å². The first-order valence-corrected chi connectivity index (χ1v) is 6.58. The van der Waals surface area contributed by atoms with Crippen molar-refractivity contribution < 1.29 is 0 Å². The highest BCUT2D eigenvalue weighted by Gasteiger charge is 2.23. The van der Waals surface area contributed by atoms with Crippen LogP contribution in [0.1, 0.15) is 42.6 Å². The van der Waals surface area contributed by atoms with Crippen molar-refractivity contribution in [1.82, 2.24) is 4.57 Å². The number of nitrogens with two attached hydrogens (primary N) is 1. The normalized spacial score (nSPS) is 19.6. The predicted octanol–water partition coefficient (Wildman–Crippen LogP) is 3.08. The van der Waals surface area contributed by atoms with Crippen molar-refractivity contribution in [3.63, 3.8) is 0 Å². The van der Waals surface area contributed by atoms with Gasteiger partial charge in [-0.1, -0.05) is 13.0 Å². The van der Waals surface area contributed by atoms with Crippen LogP contribution in [0.5, 0.6) is 0 Å². The van der Waals surface area contributed by atoms with Gasteiger partial charge in [-0.05, 0) is 48.9 Å². The predicted molar refractivity (Wildman–Crippen MR) is 72.2 cm³/mol. The van der Waals surface area contributed by atoms with E-state index in [1.165, 1.54) is 40.6 Å². The molecule has 2 aromatic rings. The van der Waals surface area contributed by atoms with Crippen LogP contribution in [0.2, 0.25) is 0 Å². The quantitative estimate of drug-likeness (QED) is 0.799. The zero-order valence-corrected chi connectivity index (χ0v) is 10.7. The van der Waals surface area contributed by atoms with Gasteiger partial charge in [0.1, 0.15) is 0 Å². The van der Waals surface area contributed by atoms with Crippen LogP contribution in [0.25, 0.3) is 10.9 Å². The Morgan fingerprint density at radius 2 is 2.24 bits per heavy atom. The number of benzene rings is 1. The van der Waals surface area contributed by atoms with E-state index in [4.69, 9.17) is 5.73 Å². The smallest absolute Gasteiger partial charge is 0.0483 e. The third-order valence-electron chi connectivity index (χ3n) is 4.14. The molecule has 0 amide bonds. The van der Waals surface area contributed by atoms with Crippen LogP contribution in [-0.4, -0.2) is 4.57 Å². The van der Waals surface area contributed by atoms with Crippen molar-refractivity contribution in [2.75, 3.05) is 0 Å². The summed E-state index contributed by atoms with van der Waals surface area (Å²) < 4.78 is 2.34. The Balaban J connectivity index is 2.34. The van der Waals surface area contributed by atoms with Crippen LogP contribution in [0, 0.1) is 0 Å². The molecule has 17 heavy (non-hydrogen) atoms. The highest BCUT2D eigenvalue weighted by molar-refractivity contribution is 5.87. The topological polar surface area (TPSA) is 30.9 Å². The molecule has 2 N–H and O–H groups in total. The van der Waals surface area contributed by atoms with Gasteiger partial charge in [0.05, 0.1) is 0 Å². The Labute approximate surface area is 102 Å². The highest BCUT2D eigenvalue weighted by atomic mass is 15.0. The van der Waals surface area contributed by atoms with Crippen molar-refractivity contribution in [2.45, 2.75) is 38.6 Å². The Kier molecular flexibility index (Phi) is 2.48. The van der Waals surface area contributed by atoms with Gasteiger partial charge in [-0.3, -0.25) is 0 Å². The molecule has 1 aromatic heterocycles. The lowest BCUT2D eigenvalue weighted by Gasteiger charge is -2.20. The fourth-order valence-corrected chi connectivity index (χ4v) is 3.14. The van der Waals surface area contributed by atoms with E-state index >= 15 is 0 Å². The van der Waals surface area contributed by atoms with Crippen molar-refractivity contribution in [3.05, 3.63) is 35.0 Å². The van der Waals surface area contributed by atoms with Crippen LogP contribution in [0.15, 0.2) is 18.2 Å². The molecule has 3 rings (SSSR count). The molecule has 1 aromatic carbocycles. The monoisotopic (exact) mass is 228 g/mol. The molecule has 0 saturated carbocycles. The summed E-state index contributed by atoms with van der Waals surface area (Å²) in [6, 6.07) is 7.05. The lowest BCUT2D eigenvalue weighted by atomic mass is 9.91. The largest absolute Gasteiger partial charge is 0.347 e. The second-order valence-corrected chi connectivity index (χ2v) is 5.12. The van der Waals surface area contributed by atoms with Crippen LogP contribution in [0.4, 0.5) is 0 Å². The van der Waals surface area contributed by atoms with Crippen LogP contribution in [0.3, 0.4) is 0 Å². The number of rotatable bonds is 1. The van der Waals surface area contributed by atoms with Gasteiger partial charge in [-0.25, -0.2) is 0 Å². The summed E-state index contributed by atoms with van der Waals surface area (Å²) in [5.41, 5.74) is 11.9. The molecular formula is C15H20N2. The third-order valence-corrected chi connectivity index (χ3v) is 4.14. The summed E-state index contributed by atoms with van der Waals surface area (Å²) in [4.78, 5) is 0. The first-order valence-electron chi connectivity index (χ1n) is 6.58. The van der Waals surface area contributed by atoms with Crippen molar-refractivity contribution in [3.8, 4) is 0 Å². The molecule has 0 fully saturated rings. The summed E-state index contributed by atoms with van der Waals surface area (Å²) in [6.07, 6.45) is 4.62. The second-order valence-electron chi connectivity index (χ2n) is 5.12. The maximum atomic E-state index is 6.30. The highest BCUT2D eigenvalue weighted by Crippen LogP contribution is 2.36. The molecule has 2 heteroatoms. The van der Waals surface area contributed by atoms with Gasteiger partial charge in [0.25, 0.3) is 0 Å². The Morgan fingerprint density at radius 3 is 3.00 bits per heavy atom. The SMILES string of the molecule is CCc1ccc2c(c1)c1c(n2C)CCCC1N. The van der Waals surface area contributed by atoms with Gasteiger partial charge in [-0.15, -0.1) is 0 Å². The Morgan fingerprint density at radius 1 is 1.41 bits per heavy atom. The van der Waals surface area contributed by atoms with E-state index in [1.807, 2.05) is 0 Å². The molecule has 1 aliphatic rings. The minimum atomic E-state index is 0.231. The Bertz CT molecular complexity index is 566. The van der Waals surface area contributed by atoms with E-state index in [0.29, 0.717) is 0 Å². The van der Waals surface area contributed by atoms with Gasteiger partial charge in [0, 0.05) is 29.7 Å². The van der Waals surface area contributed by atoms with Crippen molar-refractivity contribution in [1.29, 1.82) is 0 Å². The fraction of sp³-hybridized carbons (Fsp3) is 0.467. The standard InChI is InChI=1S/C15H20N2/c1-3-10-7-8-13-11(9-10)15-12(16)5-4-6-14(15)17(13)2/h7-9,12H,3-6,16H2,1-2H3. The van der Waals surface area contributed by atoms with E-state index < -0.39 is 0 Å². The molecule has 2 nitrogen and oxygen atoms in total. The van der Waals surface area contributed by atoms with Crippen molar-refractivity contribution in [2.24, 2.45) is 12.8 Å². The molecule has 0 saturated heterocycles. The third kappa shape index (κ3) is 1.51. The first kappa shape index (κ1) is 10.8. The maximum Gasteiger partial charge on any atom is 0.0483 e. The molecule has 0 spiro atoms. The van der Waals surface area contributed by atoms with E-state index in [0.717, 1.165) is 12.8 Å². The molecule has 90 valence electrons. The van der Waals surface area contributed by atoms with Gasteiger partial charge in [0.15, 0.2) is 0 Å². The number of aryl methyl sites for hydroxylation is 2. The second kappa shape index (κ2) is 3.88. The molecule has 1 atom stereocenters. The first-order chi connectivity index (χ1) is 8.22. The number of aromatic nitrogens is 1. The molecular weight excluding hydrogens is 208 g/mol. The van der Waals surface area contributed by atoms with Gasteiger partial charge < -0.3 is 10.3 Å². The number of fused-ring (bicyclic) bond motifs is 3. The number of hydrogen-bond donors (Lipinski definition) is 1. The van der Waals surface area contributed by atoms with Crippen molar-refractivity contribution >= 4 is 10.9 Å². The summed E-state index contributed by atoms with van der Waals surface area (Å²) in [7, 11) is 2.17. The molecule has 0 radical (unpaired) electrons. The van der Waals surface area contributed by atoms with Crippen LogP contribution < -0.4 is 5.73 Å². The fourth-order valence-electron chi connectivity index (χ4n) is 3.14. The average molecular weight is 228 g/mol. The maximum absolute atomic E-state index is 6.30. The summed E-state index contributed by atoms with van der Waals surface area (Å²) in [5, 5.41) is 1.38. The lowest BCUT2D eigenvalue weighted by molar-refractivity contribution is 0.557. The molecule has 1 aliphatic carbocycles. The molecule has 0 aliphatic heterocycles. The molecule has 0 bridgehead atoms. The van der Waals surface area contributed by atoms with Crippen LogP contribution in [-0.2, 0) is 19.9 Å². The van der Waals surface area contributed by atoms with Crippen LogP contribution >= 0.6 is 0 Å². The minimum Gasteiger partial charge on any atom is -0.347 e. The number of nitrogens with zero attached hydrogens (tertiary/aromatic N) is 1. The summed E-state index contributed by atoms with van der Waals surface area (Å²) in [6.45, 7) is 2.20. The van der Waals surface area contributed by atoms with E-state index in [2.05, 4.69) is 36.7 Å². The van der Waals surface area contributed by atoms with Gasteiger partial charge in [-0.2, -0.15) is 0 Å². The zero-order valence-electron chi connectivity index (χ0n) is 10.7. The zero-order chi connectivity index (χ0) is 12.0. The Hall–Kier alpha value is -1.28. The van der Waals surface area contributed by atoms with Gasteiger partial charge in [0.2, 0.25) is 0 Å². The number of hydrogen-bond acceptors (Lipinski definition) is 1. The molecule has 1 unspecified atom stereocenters. The van der Waals surface area contributed by atoms with Gasteiger partial charge >= 0.3 is 0 Å². The van der Waals surface area contributed by atoms with E-state index in [1.54, 1.807) is 0 Å². The molecule has 1 heterocycles. The minimum absolute atomic E-state index is 0.231. The average Bonchev–Trinajstić information content (AvgIpc) is 2.64.